The number of aromatic nitrogens is 1. The lowest BCUT2D eigenvalue weighted by atomic mass is 10.0. The maximum atomic E-state index is 11.9. The number of carboxylic acid groups (broad SMARTS) is 1. The van der Waals surface area contributed by atoms with Crippen LogP contribution >= 0.6 is 0 Å². The molecule has 0 bridgehead atoms. The minimum Gasteiger partial charge on any atom is -0.481 e. The lowest BCUT2D eigenvalue weighted by molar-refractivity contribution is -0.142. The average Bonchev–Trinajstić information content (AvgIpc) is 2.59. The Morgan fingerprint density at radius 3 is 2.34 bits per heavy atom. The van der Waals surface area contributed by atoms with Gasteiger partial charge >= 0.3 is 5.97 Å². The van der Waals surface area contributed by atoms with Gasteiger partial charge in [0.05, 0.1) is 29.3 Å². The molecular weight excluding hydrogens is 382 g/mol. The quantitative estimate of drug-likeness (QED) is 0.591. The number of rotatable bonds is 7. The van der Waals surface area contributed by atoms with E-state index in [4.69, 9.17) is 4.43 Å². The van der Waals surface area contributed by atoms with Crippen molar-refractivity contribution in [2.24, 2.45) is 5.92 Å². The molecule has 1 aromatic carbocycles. The van der Waals surface area contributed by atoms with Crippen LogP contribution in [0.5, 0.6) is 0 Å². The number of carboxylic acids is 1. The van der Waals surface area contributed by atoms with Crippen LogP contribution in [0.1, 0.15) is 52.0 Å². The molecule has 0 aliphatic carbocycles. The number of benzene rings is 1. The molecular formula is C23H33NO4Si. The number of pyridine rings is 1. The van der Waals surface area contributed by atoms with Gasteiger partial charge in [0.2, 0.25) is 0 Å². The topological polar surface area (TPSA) is 79.7 Å². The highest BCUT2D eigenvalue weighted by Crippen LogP contribution is 2.38. The van der Waals surface area contributed by atoms with Gasteiger partial charge in [0.1, 0.15) is 0 Å². The Hall–Kier alpha value is -2.02. The monoisotopic (exact) mass is 415 g/mol. The summed E-state index contributed by atoms with van der Waals surface area (Å²) in [5, 5.41) is 20.5. The van der Waals surface area contributed by atoms with E-state index in [1.165, 1.54) is 0 Å². The highest BCUT2D eigenvalue weighted by atomic mass is 28.4. The predicted octanol–water partition coefficient (Wildman–Crippen LogP) is 5.41. The van der Waals surface area contributed by atoms with Crippen LogP contribution in [0.3, 0.4) is 0 Å². The van der Waals surface area contributed by atoms with Crippen LogP contribution in [0.2, 0.25) is 18.1 Å². The fourth-order valence-electron chi connectivity index (χ4n) is 2.86. The van der Waals surface area contributed by atoms with Crippen LogP contribution in [-0.2, 0) is 9.22 Å². The molecule has 0 saturated carbocycles. The normalized spacial score (nSPS) is 16.1. The minimum absolute atomic E-state index is 0.0135. The summed E-state index contributed by atoms with van der Waals surface area (Å²) in [6.45, 7) is 14.2. The second kappa shape index (κ2) is 8.77. The Balaban J connectivity index is 2.27. The lowest BCUT2D eigenvalue weighted by Gasteiger charge is -2.39. The molecule has 3 atom stereocenters. The van der Waals surface area contributed by atoms with Gasteiger partial charge in [-0.1, -0.05) is 51.1 Å². The third kappa shape index (κ3) is 5.75. The molecule has 2 aromatic rings. The van der Waals surface area contributed by atoms with Crippen molar-refractivity contribution in [2.45, 2.75) is 65.0 Å². The number of fused-ring (bicyclic) bond motifs is 1. The zero-order valence-corrected chi connectivity index (χ0v) is 19.4. The van der Waals surface area contributed by atoms with Crippen molar-refractivity contribution >= 4 is 31.3 Å². The number of hydrogen-bond donors (Lipinski definition) is 2. The Labute approximate surface area is 174 Å². The summed E-state index contributed by atoms with van der Waals surface area (Å²) < 4.78 is 6.29. The zero-order chi connectivity index (χ0) is 22.0. The van der Waals surface area contributed by atoms with E-state index in [1.807, 2.05) is 37.3 Å². The van der Waals surface area contributed by atoms with Gasteiger partial charge in [-0.2, -0.15) is 0 Å². The van der Waals surface area contributed by atoms with Crippen molar-refractivity contribution in [3.05, 3.63) is 47.7 Å². The Bertz CT molecular complexity index is 899. The molecule has 1 aromatic heterocycles. The summed E-state index contributed by atoms with van der Waals surface area (Å²) in [5.74, 6) is -1.64. The smallest absolute Gasteiger partial charge is 0.312 e. The number of hydrogen-bond acceptors (Lipinski definition) is 4. The van der Waals surface area contributed by atoms with Crippen molar-refractivity contribution in [3.8, 4) is 0 Å². The highest BCUT2D eigenvalue weighted by Gasteiger charge is 2.40. The average molecular weight is 416 g/mol. The molecule has 1 heterocycles. The van der Waals surface area contributed by atoms with Crippen molar-refractivity contribution in [1.82, 2.24) is 4.98 Å². The third-order valence-corrected chi connectivity index (χ3v) is 10.3. The Morgan fingerprint density at radius 2 is 1.79 bits per heavy atom. The van der Waals surface area contributed by atoms with E-state index >= 15 is 0 Å². The summed E-state index contributed by atoms with van der Waals surface area (Å²) >= 11 is 0. The van der Waals surface area contributed by atoms with E-state index in [0.717, 1.165) is 16.5 Å². The van der Waals surface area contributed by atoms with Gasteiger partial charge in [0.15, 0.2) is 8.32 Å². The first-order chi connectivity index (χ1) is 13.3. The van der Waals surface area contributed by atoms with Gasteiger partial charge in [-0.25, -0.2) is 0 Å². The molecule has 2 rings (SSSR count). The van der Waals surface area contributed by atoms with Crippen LogP contribution in [0.4, 0.5) is 0 Å². The summed E-state index contributed by atoms with van der Waals surface area (Å²) in [7, 11) is -2.07. The second-order valence-electron chi connectivity index (χ2n) is 9.17. The molecule has 0 amide bonds. The molecule has 0 radical (unpaired) electrons. The van der Waals surface area contributed by atoms with E-state index < -0.39 is 32.4 Å². The van der Waals surface area contributed by atoms with Crippen LogP contribution in [-0.4, -0.2) is 35.6 Å². The number of aliphatic hydroxyl groups excluding tert-OH is 1. The van der Waals surface area contributed by atoms with Gasteiger partial charge in [0.25, 0.3) is 0 Å². The Kier molecular flexibility index (Phi) is 7.04. The van der Waals surface area contributed by atoms with Gasteiger partial charge < -0.3 is 14.6 Å². The summed E-state index contributed by atoms with van der Waals surface area (Å²) in [6, 6.07) is 9.51. The summed E-state index contributed by atoms with van der Waals surface area (Å²) in [6.07, 6.45) is 2.44. The number of nitrogens with zero attached hydrogens (tertiary/aromatic N) is 1. The third-order valence-electron chi connectivity index (χ3n) is 5.74. The fourth-order valence-corrected chi connectivity index (χ4v) is 4.29. The fraction of sp³-hybridized carbons (Fsp3) is 0.478. The number of carbonyl (C=O) groups is 1. The first-order valence-electron chi connectivity index (χ1n) is 9.99. The van der Waals surface area contributed by atoms with Gasteiger partial charge in [-0.15, -0.1) is 0 Å². The SMILES string of the molecule is CC(O)c1ccc2ccc(C=CC(C(=O)O)C(C)O[Si](C)(C)C(C)(C)C)cc2n1. The molecule has 29 heavy (non-hydrogen) atoms. The highest BCUT2D eigenvalue weighted by molar-refractivity contribution is 6.74. The van der Waals surface area contributed by atoms with Crippen molar-refractivity contribution in [3.63, 3.8) is 0 Å². The van der Waals surface area contributed by atoms with E-state index in [0.29, 0.717) is 5.69 Å². The molecule has 6 heteroatoms. The lowest BCUT2D eigenvalue weighted by Crippen LogP contribution is -2.45. The van der Waals surface area contributed by atoms with Crippen LogP contribution in [0.15, 0.2) is 36.4 Å². The maximum Gasteiger partial charge on any atom is 0.312 e. The molecule has 0 aliphatic heterocycles. The second-order valence-corrected chi connectivity index (χ2v) is 13.9. The van der Waals surface area contributed by atoms with Gasteiger partial charge in [-0.3, -0.25) is 9.78 Å². The standard InChI is InChI=1S/C23H33NO4Si/c1-15(25)20-13-11-18-10-8-17(14-21(18)24-20)9-12-19(22(26)27)16(2)28-29(6,7)23(3,4)5/h8-16,19,25H,1-7H3,(H,26,27). The van der Waals surface area contributed by atoms with Crippen molar-refractivity contribution < 1.29 is 19.4 Å². The summed E-state index contributed by atoms with van der Waals surface area (Å²) in [4.78, 5) is 16.4. The van der Waals surface area contributed by atoms with Crippen molar-refractivity contribution in [1.29, 1.82) is 0 Å². The van der Waals surface area contributed by atoms with E-state index in [1.54, 1.807) is 19.1 Å². The predicted molar refractivity (Wildman–Crippen MR) is 120 cm³/mol. The number of aliphatic hydroxyl groups is 1. The molecule has 0 fully saturated rings. The molecule has 0 spiro atoms. The maximum absolute atomic E-state index is 11.9. The molecule has 3 unspecified atom stereocenters. The summed E-state index contributed by atoms with van der Waals surface area (Å²) in [5.41, 5.74) is 2.24. The Morgan fingerprint density at radius 1 is 1.17 bits per heavy atom. The minimum atomic E-state index is -2.07. The van der Waals surface area contributed by atoms with E-state index in [9.17, 15) is 15.0 Å². The molecule has 0 saturated heterocycles. The van der Waals surface area contributed by atoms with Crippen LogP contribution in [0.25, 0.3) is 17.0 Å². The van der Waals surface area contributed by atoms with Crippen LogP contribution < -0.4 is 0 Å². The first-order valence-corrected chi connectivity index (χ1v) is 12.9. The number of aliphatic carboxylic acids is 1. The van der Waals surface area contributed by atoms with Crippen LogP contribution in [0, 0.1) is 5.92 Å². The molecule has 158 valence electrons. The zero-order valence-electron chi connectivity index (χ0n) is 18.4. The largest absolute Gasteiger partial charge is 0.481 e. The van der Waals surface area contributed by atoms with Crippen molar-refractivity contribution in [2.75, 3.05) is 0 Å². The molecule has 5 nitrogen and oxygen atoms in total. The van der Waals surface area contributed by atoms with Gasteiger partial charge in [0, 0.05) is 5.39 Å². The van der Waals surface area contributed by atoms with E-state index in [2.05, 4.69) is 38.8 Å². The molecule has 0 aliphatic rings. The van der Waals surface area contributed by atoms with E-state index in [-0.39, 0.29) is 5.04 Å². The first kappa shape index (κ1) is 23.3. The van der Waals surface area contributed by atoms with Gasteiger partial charge in [-0.05, 0) is 49.7 Å². The molecule has 2 N–H and O–H groups in total.